The molecule has 1 aromatic heterocycles. The van der Waals surface area contributed by atoms with Crippen molar-refractivity contribution in [3.05, 3.63) is 28.6 Å². The molecule has 3 N–H and O–H groups in total. The molecule has 9 nitrogen and oxygen atoms in total. The lowest BCUT2D eigenvalue weighted by Gasteiger charge is -2.19. The number of nitrogens with one attached hydrogen (secondary N) is 1. The second kappa shape index (κ2) is 10.1. The predicted molar refractivity (Wildman–Crippen MR) is 109 cm³/mol. The molecule has 162 valence electrons. The van der Waals surface area contributed by atoms with Crippen LogP contribution in [0.2, 0.25) is 0 Å². The zero-order valence-corrected chi connectivity index (χ0v) is 17.7. The molecule has 1 aromatic rings. The number of hydrogen-bond acceptors (Lipinski definition) is 6. The summed E-state index contributed by atoms with van der Waals surface area (Å²) in [5.41, 5.74) is 7.31. The van der Waals surface area contributed by atoms with Gasteiger partial charge in [0, 0.05) is 24.5 Å². The molecule has 0 aliphatic carbocycles. The Bertz CT molecular complexity index is 888. The van der Waals surface area contributed by atoms with Gasteiger partial charge in [0.05, 0.1) is 6.10 Å². The van der Waals surface area contributed by atoms with Gasteiger partial charge in [0.1, 0.15) is 11.6 Å². The summed E-state index contributed by atoms with van der Waals surface area (Å²) in [5.74, 6) is -2.21. The fourth-order valence-electron chi connectivity index (χ4n) is 3.40. The Kier molecular flexibility index (Phi) is 7.78. The number of carbonyl (C=O) groups is 3. The van der Waals surface area contributed by atoms with Crippen LogP contribution in [-0.4, -0.2) is 41.3 Å². The number of aromatic nitrogens is 1. The highest BCUT2D eigenvalue weighted by atomic mass is 16.5. The van der Waals surface area contributed by atoms with Gasteiger partial charge in [-0.15, -0.1) is 0 Å². The van der Waals surface area contributed by atoms with Crippen molar-refractivity contribution in [3.8, 4) is 6.07 Å². The zero-order chi connectivity index (χ0) is 22.4. The third kappa shape index (κ3) is 5.70. The molecule has 0 unspecified atom stereocenters. The Labute approximate surface area is 175 Å². The molecule has 30 heavy (non-hydrogen) atoms. The van der Waals surface area contributed by atoms with Crippen molar-refractivity contribution in [3.63, 3.8) is 0 Å². The van der Waals surface area contributed by atoms with Gasteiger partial charge in [-0.1, -0.05) is 13.8 Å². The van der Waals surface area contributed by atoms with Crippen LogP contribution in [-0.2, 0) is 25.6 Å². The number of aryl methyl sites for hydroxylation is 1. The van der Waals surface area contributed by atoms with Crippen LogP contribution in [0.4, 0.5) is 4.79 Å². The van der Waals surface area contributed by atoms with Crippen LogP contribution in [0, 0.1) is 31.1 Å². The number of imide groups is 1. The first-order chi connectivity index (χ1) is 14.1. The molecule has 3 amide bonds. The Balaban J connectivity index is 2.21. The van der Waals surface area contributed by atoms with Crippen LogP contribution >= 0.6 is 0 Å². The molecule has 2 rings (SSSR count). The van der Waals surface area contributed by atoms with Crippen molar-refractivity contribution in [2.24, 2.45) is 11.7 Å². The smallest absolute Gasteiger partial charge is 0.349 e. The molecule has 1 fully saturated rings. The molecule has 1 aliphatic heterocycles. The number of hydrogen-bond donors (Lipinski definition) is 2. The Hall–Kier alpha value is -3.12. The monoisotopic (exact) mass is 416 g/mol. The van der Waals surface area contributed by atoms with Gasteiger partial charge >= 0.3 is 12.0 Å². The normalized spacial score (nSPS) is 17.5. The fraction of sp³-hybridized carbons (Fsp3) is 0.524. The highest BCUT2D eigenvalue weighted by molar-refractivity contribution is 6.01. The Morgan fingerprint density at radius 3 is 2.67 bits per heavy atom. The lowest BCUT2D eigenvalue weighted by atomic mass is 10.1. The Morgan fingerprint density at radius 2 is 2.13 bits per heavy atom. The topological polar surface area (TPSA) is 136 Å². The summed E-state index contributed by atoms with van der Waals surface area (Å²) in [6, 6.07) is 2.67. The summed E-state index contributed by atoms with van der Waals surface area (Å²) in [6.07, 6.45) is 2.39. The zero-order valence-electron chi connectivity index (χ0n) is 17.7. The lowest BCUT2D eigenvalue weighted by molar-refractivity contribution is -0.154. The number of nitrogens with two attached hydrogens (primary N) is 1. The second-order valence-electron chi connectivity index (χ2n) is 7.67. The predicted octanol–water partition coefficient (Wildman–Crippen LogP) is 1.95. The maximum atomic E-state index is 12.5. The van der Waals surface area contributed by atoms with E-state index < -0.39 is 29.9 Å². The van der Waals surface area contributed by atoms with Crippen LogP contribution in [0.5, 0.6) is 0 Å². The lowest BCUT2D eigenvalue weighted by Crippen LogP contribution is -2.45. The number of urea groups is 1. The second-order valence-corrected chi connectivity index (χ2v) is 7.67. The SMILES string of the molecule is Cc1cc(/C=C(\C#N)C(=O)O[C@@H](C(=O)NC(N)=O)C(C)C)c(C)n1C[C@H]1CCCO1. The van der Waals surface area contributed by atoms with Crippen molar-refractivity contribution in [2.45, 2.75) is 59.3 Å². The van der Waals surface area contributed by atoms with Crippen LogP contribution in [0.25, 0.3) is 6.08 Å². The van der Waals surface area contributed by atoms with Gasteiger partial charge in [-0.3, -0.25) is 10.1 Å². The van der Waals surface area contributed by atoms with E-state index in [1.54, 1.807) is 13.8 Å². The fourth-order valence-corrected chi connectivity index (χ4v) is 3.40. The van der Waals surface area contributed by atoms with E-state index in [4.69, 9.17) is 15.2 Å². The third-order valence-electron chi connectivity index (χ3n) is 5.01. The number of carbonyl (C=O) groups excluding carboxylic acids is 3. The molecule has 9 heteroatoms. The first-order valence-corrected chi connectivity index (χ1v) is 9.85. The molecule has 0 saturated carbocycles. The third-order valence-corrected chi connectivity index (χ3v) is 5.01. The van der Waals surface area contributed by atoms with E-state index in [0.717, 1.165) is 30.8 Å². The van der Waals surface area contributed by atoms with E-state index in [2.05, 4.69) is 4.57 Å². The summed E-state index contributed by atoms with van der Waals surface area (Å²) in [5, 5.41) is 11.4. The van der Waals surface area contributed by atoms with Gasteiger partial charge in [0.15, 0.2) is 6.10 Å². The summed E-state index contributed by atoms with van der Waals surface area (Å²) < 4.78 is 13.0. The van der Waals surface area contributed by atoms with Gasteiger partial charge in [-0.2, -0.15) is 5.26 Å². The number of esters is 1. The van der Waals surface area contributed by atoms with Crippen molar-refractivity contribution in [1.29, 1.82) is 5.26 Å². The van der Waals surface area contributed by atoms with Crippen molar-refractivity contribution < 1.29 is 23.9 Å². The van der Waals surface area contributed by atoms with Crippen LogP contribution in [0.3, 0.4) is 0 Å². The maximum Gasteiger partial charge on any atom is 0.349 e. The minimum absolute atomic E-state index is 0.155. The van der Waals surface area contributed by atoms with E-state index >= 15 is 0 Å². The average Bonchev–Trinajstić information content (AvgIpc) is 3.27. The van der Waals surface area contributed by atoms with Crippen LogP contribution in [0.1, 0.15) is 43.6 Å². The van der Waals surface area contributed by atoms with E-state index in [1.165, 1.54) is 6.08 Å². The molecule has 2 heterocycles. The van der Waals surface area contributed by atoms with Crippen molar-refractivity contribution >= 4 is 24.0 Å². The average molecular weight is 416 g/mol. The largest absolute Gasteiger partial charge is 0.448 e. The maximum absolute atomic E-state index is 12.5. The number of ether oxygens (including phenoxy) is 2. The van der Waals surface area contributed by atoms with Crippen molar-refractivity contribution in [1.82, 2.24) is 9.88 Å². The molecular formula is C21H28N4O5. The number of primary amides is 1. The molecular weight excluding hydrogens is 388 g/mol. The molecule has 0 aromatic carbocycles. The highest BCUT2D eigenvalue weighted by Crippen LogP contribution is 2.22. The number of nitrogens with zero attached hydrogens (tertiary/aromatic N) is 2. The summed E-state index contributed by atoms with van der Waals surface area (Å²) in [6.45, 7) is 8.63. The van der Waals surface area contributed by atoms with Crippen molar-refractivity contribution in [2.75, 3.05) is 6.61 Å². The van der Waals surface area contributed by atoms with Gasteiger partial charge in [-0.05, 0) is 50.3 Å². The minimum Gasteiger partial charge on any atom is -0.448 e. The highest BCUT2D eigenvalue weighted by Gasteiger charge is 2.29. The molecule has 1 aliphatic rings. The summed E-state index contributed by atoms with van der Waals surface area (Å²) in [4.78, 5) is 35.5. The Morgan fingerprint density at radius 1 is 1.43 bits per heavy atom. The van der Waals surface area contributed by atoms with Crippen LogP contribution in [0.15, 0.2) is 11.6 Å². The molecule has 0 spiro atoms. The first-order valence-electron chi connectivity index (χ1n) is 9.85. The van der Waals surface area contributed by atoms with E-state index in [0.29, 0.717) is 12.1 Å². The summed E-state index contributed by atoms with van der Waals surface area (Å²) in [7, 11) is 0. The van der Waals surface area contributed by atoms with Gasteiger partial charge in [0.2, 0.25) is 0 Å². The van der Waals surface area contributed by atoms with E-state index in [1.807, 2.05) is 31.3 Å². The van der Waals surface area contributed by atoms with E-state index in [-0.39, 0.29) is 11.7 Å². The van der Waals surface area contributed by atoms with E-state index in [9.17, 15) is 19.6 Å². The van der Waals surface area contributed by atoms with Gasteiger partial charge in [-0.25, -0.2) is 9.59 Å². The van der Waals surface area contributed by atoms with Crippen LogP contribution < -0.4 is 11.1 Å². The quantitative estimate of drug-likeness (QED) is 0.396. The molecule has 0 radical (unpaired) electrons. The first kappa shape index (κ1) is 23.2. The van der Waals surface area contributed by atoms with Gasteiger partial charge < -0.3 is 19.8 Å². The minimum atomic E-state index is -1.26. The summed E-state index contributed by atoms with van der Waals surface area (Å²) >= 11 is 0. The molecule has 2 atom stereocenters. The molecule has 0 bridgehead atoms. The number of rotatable bonds is 7. The van der Waals surface area contributed by atoms with Gasteiger partial charge in [0.25, 0.3) is 5.91 Å². The number of amides is 3. The standard InChI is InChI=1S/C21H28N4O5/c1-12(2)18(19(26)24-21(23)28)30-20(27)16(10-22)9-15-8-13(3)25(14(15)4)11-17-6-5-7-29-17/h8-9,12,17-18H,5-7,11H2,1-4H3,(H3,23,24,26,28)/b16-9+/t17-,18-/m1/s1. The molecule has 1 saturated heterocycles. The number of nitriles is 1.